The first-order valence-corrected chi connectivity index (χ1v) is 15.0. The van der Waals surface area contributed by atoms with Crippen LogP contribution in [-0.2, 0) is 25.8 Å². The molecule has 1 N–H and O–H groups in total. The highest BCUT2D eigenvalue weighted by Crippen LogP contribution is 2.42. The first-order chi connectivity index (χ1) is 17.3. The van der Waals surface area contributed by atoms with Crippen molar-refractivity contribution in [2.75, 3.05) is 16.4 Å². The molecular weight excluding hydrogens is 534 g/mol. The zero-order valence-electron chi connectivity index (χ0n) is 21.1. The number of nitrogens with one attached hydrogen (secondary N) is 1. The van der Waals surface area contributed by atoms with Gasteiger partial charge in [-0.15, -0.1) is 0 Å². The molecule has 2 aliphatic heterocycles. The van der Waals surface area contributed by atoms with E-state index in [2.05, 4.69) is 10.3 Å². The van der Waals surface area contributed by atoms with Crippen LogP contribution in [0.2, 0.25) is 5.02 Å². The number of amides is 2. The molecular formula is C26H30ClN3O5S2. The van der Waals surface area contributed by atoms with Crippen molar-refractivity contribution in [1.29, 1.82) is 0 Å². The molecule has 2 amide bonds. The van der Waals surface area contributed by atoms with E-state index in [4.69, 9.17) is 16.3 Å². The molecule has 0 unspecified atom stereocenters. The summed E-state index contributed by atoms with van der Waals surface area (Å²) in [5, 5.41) is 3.30. The van der Waals surface area contributed by atoms with Crippen molar-refractivity contribution in [2.45, 2.75) is 57.1 Å². The average molecular weight is 564 g/mol. The number of anilines is 1. The quantitative estimate of drug-likeness (QED) is 0.575. The third-order valence-electron chi connectivity index (χ3n) is 5.97. The van der Waals surface area contributed by atoms with Crippen molar-refractivity contribution in [3.63, 3.8) is 0 Å². The van der Waals surface area contributed by atoms with Gasteiger partial charge in [-0.1, -0.05) is 59.8 Å². The van der Waals surface area contributed by atoms with Crippen LogP contribution >= 0.6 is 23.4 Å². The van der Waals surface area contributed by atoms with E-state index in [1.54, 1.807) is 32.9 Å². The van der Waals surface area contributed by atoms with Gasteiger partial charge in [0.15, 0.2) is 15.0 Å². The molecule has 2 heterocycles. The molecule has 2 saturated heterocycles. The Morgan fingerprint density at radius 1 is 1.19 bits per heavy atom. The van der Waals surface area contributed by atoms with Crippen molar-refractivity contribution in [1.82, 2.24) is 5.32 Å². The fourth-order valence-electron chi connectivity index (χ4n) is 4.36. The number of thioether (sulfide) groups is 1. The second-order valence-corrected chi connectivity index (χ2v) is 14.0. The molecule has 37 heavy (non-hydrogen) atoms. The van der Waals surface area contributed by atoms with E-state index < -0.39 is 33.5 Å². The summed E-state index contributed by atoms with van der Waals surface area (Å²) in [4.78, 5) is 32.4. The Balaban J connectivity index is 1.68. The summed E-state index contributed by atoms with van der Waals surface area (Å²) >= 11 is 7.55. The molecule has 0 saturated carbocycles. The zero-order chi connectivity index (χ0) is 27.0. The topological polar surface area (TPSA) is 105 Å². The number of fused-ring (bicyclic) bond motifs is 1. The maximum absolute atomic E-state index is 13.5. The van der Waals surface area contributed by atoms with Gasteiger partial charge in [-0.3, -0.25) is 4.79 Å². The third-order valence-corrected chi connectivity index (χ3v) is 9.42. The number of carbonyl (C=O) groups excluding carboxylic acids is 2. The standard InChI is InChI=1S/C26H30ClN3O5S2/c1-16-10-11-18(27)13-20(16)30-21-14-37(33,34)15-22(21)36-24(30)29-23(31)19(12-17-8-6-5-7-9-17)28-25(32)35-26(2,3)4/h5-11,13,19,21-22H,12,14-15H2,1-4H3,(H,28,32)/t19-,21-,22+/m1/s1. The smallest absolute Gasteiger partial charge is 0.408 e. The molecule has 0 aromatic heterocycles. The minimum absolute atomic E-state index is 0.00919. The molecule has 2 aliphatic rings. The number of hydrogen-bond acceptors (Lipinski definition) is 6. The van der Waals surface area contributed by atoms with Crippen LogP contribution in [0.5, 0.6) is 0 Å². The molecule has 2 fully saturated rings. The molecule has 2 aromatic rings. The molecule has 0 spiro atoms. The SMILES string of the molecule is Cc1ccc(Cl)cc1N1C(=NC(=O)[C@@H](Cc2ccccc2)NC(=O)OC(C)(C)C)S[C@H]2CS(=O)(=O)C[C@H]21. The van der Waals surface area contributed by atoms with Gasteiger partial charge in [0.1, 0.15) is 11.6 Å². The van der Waals surface area contributed by atoms with Crippen LogP contribution < -0.4 is 10.2 Å². The van der Waals surface area contributed by atoms with Gasteiger partial charge >= 0.3 is 6.09 Å². The average Bonchev–Trinajstić information content (AvgIpc) is 3.25. The summed E-state index contributed by atoms with van der Waals surface area (Å²) in [5.74, 6) is -0.576. The number of halogens is 1. The fraction of sp³-hybridized carbons (Fsp3) is 0.423. The van der Waals surface area contributed by atoms with E-state index in [9.17, 15) is 18.0 Å². The minimum Gasteiger partial charge on any atom is -0.444 e. The van der Waals surface area contributed by atoms with Crippen LogP contribution in [0.4, 0.5) is 10.5 Å². The lowest BCUT2D eigenvalue weighted by molar-refractivity contribution is -0.119. The highest BCUT2D eigenvalue weighted by molar-refractivity contribution is 8.16. The third kappa shape index (κ3) is 6.86. The molecule has 8 nitrogen and oxygen atoms in total. The molecule has 0 aliphatic carbocycles. The molecule has 0 bridgehead atoms. The van der Waals surface area contributed by atoms with Gasteiger partial charge in [0.25, 0.3) is 5.91 Å². The first kappa shape index (κ1) is 27.5. The van der Waals surface area contributed by atoms with Crippen molar-refractivity contribution >= 4 is 56.1 Å². The van der Waals surface area contributed by atoms with Crippen LogP contribution in [0, 0.1) is 6.92 Å². The predicted octanol–water partition coefficient (Wildman–Crippen LogP) is 4.39. The zero-order valence-corrected chi connectivity index (χ0v) is 23.5. The Bertz CT molecular complexity index is 1330. The first-order valence-electron chi connectivity index (χ1n) is 11.9. The number of carbonyl (C=O) groups is 2. The van der Waals surface area contributed by atoms with E-state index in [-0.39, 0.29) is 29.2 Å². The number of aliphatic imine (C=N–C) groups is 1. The second kappa shape index (κ2) is 10.7. The van der Waals surface area contributed by atoms with Crippen LogP contribution in [0.15, 0.2) is 53.5 Å². The van der Waals surface area contributed by atoms with Gasteiger partial charge in [0.05, 0.1) is 17.5 Å². The Morgan fingerprint density at radius 3 is 2.57 bits per heavy atom. The molecule has 2 aromatic carbocycles. The normalized spacial score (nSPS) is 22.5. The Morgan fingerprint density at radius 2 is 1.89 bits per heavy atom. The number of rotatable bonds is 5. The Kier molecular flexibility index (Phi) is 7.92. The van der Waals surface area contributed by atoms with Crippen molar-refractivity contribution in [3.05, 3.63) is 64.7 Å². The summed E-state index contributed by atoms with van der Waals surface area (Å²) in [6.07, 6.45) is -0.496. The lowest BCUT2D eigenvalue weighted by Gasteiger charge is -2.27. The number of aryl methyl sites for hydroxylation is 1. The summed E-state index contributed by atoms with van der Waals surface area (Å²) in [7, 11) is -3.22. The predicted molar refractivity (Wildman–Crippen MR) is 148 cm³/mol. The fourth-order valence-corrected chi connectivity index (χ4v) is 8.44. The number of ether oxygens (including phenoxy) is 1. The van der Waals surface area contributed by atoms with Crippen LogP contribution in [0.25, 0.3) is 0 Å². The molecule has 11 heteroatoms. The lowest BCUT2D eigenvalue weighted by atomic mass is 10.1. The van der Waals surface area contributed by atoms with Crippen LogP contribution in [0.3, 0.4) is 0 Å². The van der Waals surface area contributed by atoms with Gasteiger partial charge in [0.2, 0.25) is 0 Å². The van der Waals surface area contributed by atoms with Crippen LogP contribution in [-0.4, -0.2) is 60.0 Å². The van der Waals surface area contributed by atoms with E-state index in [0.717, 1.165) is 11.1 Å². The minimum atomic E-state index is -3.22. The number of hydrogen-bond donors (Lipinski definition) is 1. The number of alkyl carbamates (subject to hydrolysis) is 1. The number of amidine groups is 1. The Hall–Kier alpha value is -2.56. The number of benzene rings is 2. The lowest BCUT2D eigenvalue weighted by Crippen LogP contribution is -2.45. The van der Waals surface area contributed by atoms with Crippen LogP contribution in [0.1, 0.15) is 31.9 Å². The van der Waals surface area contributed by atoms with E-state index in [1.165, 1.54) is 11.8 Å². The van der Waals surface area contributed by atoms with Crippen molar-refractivity contribution in [2.24, 2.45) is 4.99 Å². The van der Waals surface area contributed by atoms with Crippen molar-refractivity contribution < 1.29 is 22.7 Å². The van der Waals surface area contributed by atoms with Gasteiger partial charge in [0, 0.05) is 22.4 Å². The highest BCUT2D eigenvalue weighted by Gasteiger charge is 2.50. The number of nitrogens with zero attached hydrogens (tertiary/aromatic N) is 2. The Labute approximate surface area is 226 Å². The van der Waals surface area contributed by atoms with Crippen molar-refractivity contribution in [3.8, 4) is 0 Å². The van der Waals surface area contributed by atoms with Gasteiger partial charge in [-0.25, -0.2) is 13.2 Å². The monoisotopic (exact) mass is 563 g/mol. The molecule has 198 valence electrons. The maximum Gasteiger partial charge on any atom is 0.408 e. The van der Waals surface area contributed by atoms with Gasteiger partial charge < -0.3 is 15.0 Å². The molecule has 4 rings (SSSR count). The molecule has 3 atom stereocenters. The van der Waals surface area contributed by atoms with Gasteiger partial charge in [-0.2, -0.15) is 4.99 Å². The summed E-state index contributed by atoms with van der Waals surface area (Å²) in [6, 6.07) is 13.3. The van der Waals surface area contributed by atoms with E-state index >= 15 is 0 Å². The summed E-state index contributed by atoms with van der Waals surface area (Å²) in [5.41, 5.74) is 1.70. The van der Waals surface area contributed by atoms with Gasteiger partial charge in [-0.05, 0) is 51.0 Å². The second-order valence-electron chi connectivity index (χ2n) is 10.2. The largest absolute Gasteiger partial charge is 0.444 e. The van der Waals surface area contributed by atoms with E-state index in [0.29, 0.717) is 15.9 Å². The summed E-state index contributed by atoms with van der Waals surface area (Å²) in [6.45, 7) is 7.13. The highest BCUT2D eigenvalue weighted by atomic mass is 35.5. The summed E-state index contributed by atoms with van der Waals surface area (Å²) < 4.78 is 30.2. The maximum atomic E-state index is 13.5. The molecule has 0 radical (unpaired) electrons. The van der Waals surface area contributed by atoms with E-state index in [1.807, 2.05) is 48.2 Å². The number of sulfone groups is 1.